The van der Waals surface area contributed by atoms with Gasteiger partial charge in [-0.1, -0.05) is 12.8 Å². The van der Waals surface area contributed by atoms with Crippen molar-refractivity contribution in [2.45, 2.75) is 50.8 Å². The molecule has 1 aliphatic heterocycles. The summed E-state index contributed by atoms with van der Waals surface area (Å²) in [4.78, 5) is 6.47. The van der Waals surface area contributed by atoms with Gasteiger partial charge in [-0.25, -0.2) is 4.98 Å². The summed E-state index contributed by atoms with van der Waals surface area (Å²) in [6, 6.07) is 4.07. The second kappa shape index (κ2) is 7.56. The number of likely N-dealkylation sites (tertiary alicyclic amines) is 1. The van der Waals surface area contributed by atoms with Crippen LogP contribution in [0.4, 0.5) is 0 Å². The van der Waals surface area contributed by atoms with Crippen molar-refractivity contribution in [2.24, 2.45) is 0 Å². The van der Waals surface area contributed by atoms with Crippen molar-refractivity contribution in [3.8, 4) is 0 Å². The first-order chi connectivity index (χ1) is 10.8. The Morgan fingerprint density at radius 3 is 3.05 bits per heavy atom. The highest BCUT2D eigenvalue weighted by Gasteiger charge is 2.25. The fraction of sp³-hybridized carbons (Fsp3) is 0.625. The van der Waals surface area contributed by atoms with Gasteiger partial charge in [0.2, 0.25) is 0 Å². The predicted molar refractivity (Wildman–Crippen MR) is 82.1 cm³/mol. The Balaban J connectivity index is 1.60. The molecule has 0 amide bonds. The largest absolute Gasteiger partial charge is 0.467 e. The minimum atomic E-state index is -0.521. The van der Waals surface area contributed by atoms with Gasteiger partial charge in [-0.05, 0) is 37.9 Å². The predicted octanol–water partition coefficient (Wildman–Crippen LogP) is 2.24. The Bertz CT molecular complexity index is 526. The molecule has 3 heterocycles. The summed E-state index contributed by atoms with van der Waals surface area (Å²) in [5.41, 5.74) is 0. The highest BCUT2D eigenvalue weighted by atomic mass is 16.4. The van der Waals surface area contributed by atoms with E-state index >= 15 is 0 Å². The van der Waals surface area contributed by atoms with Crippen LogP contribution in [0.3, 0.4) is 0 Å². The van der Waals surface area contributed by atoms with Crippen molar-refractivity contribution in [1.82, 2.24) is 19.7 Å². The van der Waals surface area contributed by atoms with Gasteiger partial charge >= 0.3 is 0 Å². The maximum absolute atomic E-state index is 10.4. The number of aromatic nitrogens is 3. The number of nitrogens with zero attached hydrogens (tertiary/aromatic N) is 4. The first-order valence-electron chi connectivity index (χ1n) is 8.11. The highest BCUT2D eigenvalue weighted by molar-refractivity contribution is 5.02. The van der Waals surface area contributed by atoms with Gasteiger partial charge in [0.15, 0.2) is 0 Å². The van der Waals surface area contributed by atoms with E-state index in [1.807, 2.05) is 16.8 Å². The zero-order valence-electron chi connectivity index (χ0n) is 12.8. The summed E-state index contributed by atoms with van der Waals surface area (Å²) in [5.74, 6) is 0.667. The van der Waals surface area contributed by atoms with Gasteiger partial charge in [0.05, 0.1) is 12.8 Å². The number of furan rings is 1. The number of aliphatic hydroxyl groups is 1. The van der Waals surface area contributed by atoms with E-state index in [9.17, 15) is 5.11 Å². The van der Waals surface area contributed by atoms with Gasteiger partial charge in [-0.15, -0.1) is 0 Å². The molecule has 0 spiro atoms. The molecule has 0 aromatic carbocycles. The summed E-state index contributed by atoms with van der Waals surface area (Å²) in [7, 11) is 0. The van der Waals surface area contributed by atoms with Crippen LogP contribution >= 0.6 is 0 Å². The molecule has 1 saturated heterocycles. The third-order valence-electron chi connectivity index (χ3n) is 4.45. The molecule has 6 heteroatoms. The van der Waals surface area contributed by atoms with Crippen molar-refractivity contribution in [3.05, 3.63) is 36.8 Å². The van der Waals surface area contributed by atoms with E-state index in [4.69, 9.17) is 4.42 Å². The van der Waals surface area contributed by atoms with Crippen molar-refractivity contribution < 1.29 is 9.52 Å². The Kier molecular flexibility index (Phi) is 5.24. The summed E-state index contributed by atoms with van der Waals surface area (Å²) in [6.45, 7) is 2.87. The number of hydrogen-bond acceptors (Lipinski definition) is 5. The average molecular weight is 304 g/mol. The van der Waals surface area contributed by atoms with Crippen LogP contribution in [0.1, 0.15) is 44.0 Å². The molecular formula is C16H24N4O2. The lowest BCUT2D eigenvalue weighted by atomic mass is 10.0. The van der Waals surface area contributed by atoms with E-state index in [-0.39, 0.29) is 0 Å². The van der Waals surface area contributed by atoms with Crippen LogP contribution in [-0.2, 0) is 6.54 Å². The Morgan fingerprint density at radius 1 is 1.32 bits per heavy atom. The Morgan fingerprint density at radius 2 is 2.27 bits per heavy atom. The van der Waals surface area contributed by atoms with Crippen molar-refractivity contribution in [1.29, 1.82) is 0 Å². The van der Waals surface area contributed by atoms with Gasteiger partial charge in [0.1, 0.15) is 24.5 Å². The molecule has 6 nitrogen and oxygen atoms in total. The molecule has 2 aromatic heterocycles. The fourth-order valence-corrected chi connectivity index (χ4v) is 3.23. The summed E-state index contributed by atoms with van der Waals surface area (Å²) in [6.07, 6.45) is 10.0. The van der Waals surface area contributed by atoms with E-state index in [0.29, 0.717) is 11.8 Å². The molecule has 1 aliphatic rings. The monoisotopic (exact) mass is 304 g/mol. The second-order valence-electron chi connectivity index (χ2n) is 5.96. The fourth-order valence-electron chi connectivity index (χ4n) is 3.23. The van der Waals surface area contributed by atoms with Crippen molar-refractivity contribution in [3.63, 3.8) is 0 Å². The summed E-state index contributed by atoms with van der Waals surface area (Å²) >= 11 is 0. The normalized spacial score (nSPS) is 21.6. The van der Waals surface area contributed by atoms with Gasteiger partial charge < -0.3 is 9.52 Å². The lowest BCUT2D eigenvalue weighted by Crippen LogP contribution is -2.38. The van der Waals surface area contributed by atoms with Crippen LogP contribution in [0.5, 0.6) is 0 Å². The molecule has 22 heavy (non-hydrogen) atoms. The quantitative estimate of drug-likeness (QED) is 0.886. The third kappa shape index (κ3) is 3.96. The molecule has 0 aliphatic carbocycles. The maximum atomic E-state index is 10.4. The van der Waals surface area contributed by atoms with Crippen LogP contribution in [-0.4, -0.2) is 43.9 Å². The molecule has 3 rings (SSSR count). The van der Waals surface area contributed by atoms with Crippen molar-refractivity contribution >= 4 is 0 Å². The molecule has 0 saturated carbocycles. The zero-order chi connectivity index (χ0) is 15.2. The van der Waals surface area contributed by atoms with Crippen LogP contribution in [0.15, 0.2) is 35.5 Å². The minimum Gasteiger partial charge on any atom is -0.467 e. The van der Waals surface area contributed by atoms with E-state index in [0.717, 1.165) is 32.5 Å². The number of hydrogen-bond donors (Lipinski definition) is 1. The van der Waals surface area contributed by atoms with Gasteiger partial charge in [0.25, 0.3) is 0 Å². The smallest absolute Gasteiger partial charge is 0.137 e. The van der Waals surface area contributed by atoms with E-state index in [1.54, 1.807) is 18.9 Å². The SMILES string of the molecule is O[C@H](C[C@@H]1CCCCCN1CCn1cncn1)c1ccco1. The molecule has 0 bridgehead atoms. The number of rotatable bonds is 6. The Labute approximate surface area is 130 Å². The average Bonchev–Trinajstić information content (AvgIpc) is 3.18. The minimum absolute atomic E-state index is 0.395. The molecule has 0 radical (unpaired) electrons. The van der Waals surface area contributed by atoms with E-state index in [2.05, 4.69) is 15.0 Å². The van der Waals surface area contributed by atoms with Crippen LogP contribution < -0.4 is 0 Å². The second-order valence-corrected chi connectivity index (χ2v) is 5.96. The molecule has 1 N–H and O–H groups in total. The maximum Gasteiger partial charge on any atom is 0.137 e. The van der Waals surface area contributed by atoms with Gasteiger partial charge in [-0.3, -0.25) is 9.58 Å². The topological polar surface area (TPSA) is 67.3 Å². The lowest BCUT2D eigenvalue weighted by molar-refractivity contribution is 0.0842. The number of aliphatic hydroxyl groups excluding tert-OH is 1. The summed E-state index contributed by atoms with van der Waals surface area (Å²) in [5, 5.41) is 14.5. The van der Waals surface area contributed by atoms with Crippen LogP contribution in [0, 0.1) is 0 Å². The summed E-state index contributed by atoms with van der Waals surface area (Å²) < 4.78 is 7.20. The highest BCUT2D eigenvalue weighted by Crippen LogP contribution is 2.26. The standard InChI is InChI=1S/C16H24N4O2/c21-15(16-6-4-10-22-16)11-14-5-2-1-3-7-19(14)8-9-20-13-17-12-18-20/h4,6,10,12-15,21H,1-3,5,7-9,11H2/t14-,15+/m0/s1. The first kappa shape index (κ1) is 15.2. The molecule has 1 fully saturated rings. The van der Waals surface area contributed by atoms with Crippen LogP contribution in [0.2, 0.25) is 0 Å². The van der Waals surface area contributed by atoms with Gasteiger partial charge in [0, 0.05) is 12.6 Å². The zero-order valence-corrected chi connectivity index (χ0v) is 12.8. The molecular weight excluding hydrogens is 280 g/mol. The van der Waals surface area contributed by atoms with Crippen molar-refractivity contribution in [2.75, 3.05) is 13.1 Å². The molecule has 2 aromatic rings. The third-order valence-corrected chi connectivity index (χ3v) is 4.45. The Hall–Kier alpha value is -1.66. The van der Waals surface area contributed by atoms with E-state index < -0.39 is 6.10 Å². The van der Waals surface area contributed by atoms with Gasteiger partial charge in [-0.2, -0.15) is 5.10 Å². The molecule has 0 unspecified atom stereocenters. The first-order valence-corrected chi connectivity index (χ1v) is 8.11. The molecule has 120 valence electrons. The molecule has 2 atom stereocenters. The lowest BCUT2D eigenvalue weighted by Gasteiger charge is -2.31. The van der Waals surface area contributed by atoms with Crippen LogP contribution in [0.25, 0.3) is 0 Å². The van der Waals surface area contributed by atoms with E-state index in [1.165, 1.54) is 19.3 Å².